The molecule has 2 fully saturated rings. The van der Waals surface area contributed by atoms with Crippen molar-refractivity contribution >= 4 is 12.2 Å². The van der Waals surface area contributed by atoms with Crippen LogP contribution in [0.5, 0.6) is 0 Å². The van der Waals surface area contributed by atoms with Gasteiger partial charge in [-0.25, -0.2) is 19.6 Å². The Bertz CT molecular complexity index is 748. The Morgan fingerprint density at radius 3 is 1.60 bits per heavy atom. The van der Waals surface area contributed by atoms with Gasteiger partial charge in [-0.05, 0) is 17.5 Å². The van der Waals surface area contributed by atoms with Gasteiger partial charge in [0, 0.05) is 13.1 Å². The summed E-state index contributed by atoms with van der Waals surface area (Å²) in [5, 5.41) is 6.10. The molecule has 2 aromatic rings. The lowest BCUT2D eigenvalue weighted by molar-refractivity contribution is -0.0199. The second-order valence-corrected chi connectivity index (χ2v) is 6.97. The molecule has 0 saturated carbocycles. The molecule has 2 saturated heterocycles. The van der Waals surface area contributed by atoms with Crippen molar-refractivity contribution in [2.75, 3.05) is 13.1 Å². The van der Waals surface area contributed by atoms with Crippen LogP contribution in [0.2, 0.25) is 0 Å². The van der Waals surface area contributed by atoms with Crippen LogP contribution in [0.3, 0.4) is 0 Å². The number of ether oxygens (including phenoxy) is 2. The molecule has 0 radical (unpaired) electrons. The molecule has 1 N–H and O–H groups in total. The monoisotopic (exact) mass is 411 g/mol. The maximum atomic E-state index is 12.8. The van der Waals surface area contributed by atoms with E-state index in [4.69, 9.17) is 9.47 Å². The van der Waals surface area contributed by atoms with E-state index in [-0.39, 0.29) is 25.3 Å². The van der Waals surface area contributed by atoms with Gasteiger partial charge in [-0.1, -0.05) is 74.5 Å². The number of hydrogen-bond donors (Lipinski definition) is 1. The maximum absolute atomic E-state index is 12.8. The smallest absolute Gasteiger partial charge is 0.429 e. The van der Waals surface area contributed by atoms with Gasteiger partial charge in [0.2, 0.25) is 0 Å². The Kier molecular flexibility index (Phi) is 7.68. The fraction of sp³-hybridized carbons (Fsp3) is 0.391. The number of fused-ring (bicyclic) bond motifs is 2. The standard InChI is InChI=1S/C21H23N3O4.C2H6/c25-20(27-14-16-7-3-1-4-8-16)23-18-11-19(13-22-12-18)24(23)21(26)28-15-17-9-5-2-6-10-17;1-2/h1-10,18-19,22H,11-15H2;1-2H3. The minimum Gasteiger partial charge on any atom is -0.443 e. The number of hydrazine groups is 1. The predicted molar refractivity (Wildman–Crippen MR) is 113 cm³/mol. The van der Waals surface area contributed by atoms with E-state index < -0.39 is 12.2 Å². The van der Waals surface area contributed by atoms with Crippen LogP contribution in [-0.2, 0) is 22.7 Å². The van der Waals surface area contributed by atoms with Crippen molar-refractivity contribution in [2.45, 2.75) is 45.6 Å². The lowest BCUT2D eigenvalue weighted by Gasteiger charge is -2.30. The molecule has 2 unspecified atom stereocenters. The Hall–Kier alpha value is -3.06. The van der Waals surface area contributed by atoms with Gasteiger partial charge in [-0.2, -0.15) is 0 Å². The van der Waals surface area contributed by atoms with Gasteiger partial charge in [0.25, 0.3) is 0 Å². The van der Waals surface area contributed by atoms with Gasteiger partial charge < -0.3 is 14.8 Å². The summed E-state index contributed by atoms with van der Waals surface area (Å²) >= 11 is 0. The molecule has 0 aromatic heterocycles. The lowest BCUT2D eigenvalue weighted by atomic mass is 10.1. The molecular formula is C23H29N3O4. The van der Waals surface area contributed by atoms with E-state index in [9.17, 15) is 9.59 Å². The van der Waals surface area contributed by atoms with E-state index in [0.717, 1.165) is 11.1 Å². The number of carbonyl (C=O) groups excluding carboxylic acids is 2. The summed E-state index contributed by atoms with van der Waals surface area (Å²) in [5.41, 5.74) is 1.80. The van der Waals surface area contributed by atoms with Crippen molar-refractivity contribution in [1.29, 1.82) is 0 Å². The Morgan fingerprint density at radius 2 is 1.20 bits per heavy atom. The number of carbonyl (C=O) groups is 2. The first kappa shape index (κ1) is 21.6. The minimum atomic E-state index is -0.531. The Morgan fingerprint density at radius 1 is 0.800 bits per heavy atom. The summed E-state index contributed by atoms with van der Waals surface area (Å²) in [6.45, 7) is 5.57. The molecule has 2 heterocycles. The molecule has 160 valence electrons. The highest BCUT2D eigenvalue weighted by atomic mass is 16.6. The third kappa shape index (κ3) is 5.10. The molecule has 2 aromatic carbocycles. The summed E-state index contributed by atoms with van der Waals surface area (Å²) in [4.78, 5) is 25.6. The highest BCUT2D eigenvalue weighted by Crippen LogP contribution is 2.29. The normalized spacial score (nSPS) is 19.5. The first-order valence-electron chi connectivity index (χ1n) is 10.4. The van der Waals surface area contributed by atoms with Gasteiger partial charge in [0.05, 0.1) is 12.1 Å². The average molecular weight is 412 g/mol. The Balaban J connectivity index is 0.00000124. The van der Waals surface area contributed by atoms with Crippen molar-refractivity contribution < 1.29 is 19.1 Å². The molecule has 0 aliphatic carbocycles. The van der Waals surface area contributed by atoms with Gasteiger partial charge in [0.15, 0.2) is 0 Å². The summed E-state index contributed by atoms with van der Waals surface area (Å²) in [6, 6.07) is 18.7. The van der Waals surface area contributed by atoms with Crippen molar-refractivity contribution in [2.24, 2.45) is 0 Å². The van der Waals surface area contributed by atoms with Crippen LogP contribution in [0.25, 0.3) is 0 Å². The molecule has 2 aliphatic rings. The van der Waals surface area contributed by atoms with Crippen LogP contribution in [0, 0.1) is 0 Å². The highest BCUT2D eigenvalue weighted by molar-refractivity contribution is 5.76. The zero-order chi connectivity index (χ0) is 21.3. The number of amides is 2. The van der Waals surface area contributed by atoms with Gasteiger partial charge >= 0.3 is 12.2 Å². The molecule has 2 amide bonds. The molecule has 2 bridgehead atoms. The number of hydrogen-bond acceptors (Lipinski definition) is 5. The van der Waals surface area contributed by atoms with E-state index in [1.54, 1.807) is 0 Å². The summed E-state index contributed by atoms with van der Waals surface area (Å²) in [7, 11) is 0. The van der Waals surface area contributed by atoms with Crippen LogP contribution in [0.15, 0.2) is 60.7 Å². The van der Waals surface area contributed by atoms with Crippen molar-refractivity contribution in [1.82, 2.24) is 15.3 Å². The quantitative estimate of drug-likeness (QED) is 0.825. The number of nitrogens with zero attached hydrogens (tertiary/aromatic N) is 2. The van der Waals surface area contributed by atoms with Gasteiger partial charge in [-0.15, -0.1) is 0 Å². The molecule has 0 spiro atoms. The van der Waals surface area contributed by atoms with Crippen LogP contribution in [0.1, 0.15) is 31.4 Å². The van der Waals surface area contributed by atoms with Gasteiger partial charge in [-0.3, -0.25) is 0 Å². The molecule has 2 atom stereocenters. The largest absolute Gasteiger partial charge is 0.443 e. The molecule has 7 heteroatoms. The fourth-order valence-electron chi connectivity index (χ4n) is 3.67. The van der Waals surface area contributed by atoms with E-state index in [2.05, 4.69) is 5.32 Å². The van der Waals surface area contributed by atoms with E-state index in [1.807, 2.05) is 74.5 Å². The zero-order valence-corrected chi connectivity index (χ0v) is 17.5. The maximum Gasteiger partial charge on any atom is 0.429 e. The number of piperidine rings is 1. The number of nitrogens with one attached hydrogen (secondary N) is 1. The first-order chi connectivity index (χ1) is 14.7. The fourth-order valence-corrected chi connectivity index (χ4v) is 3.67. The van der Waals surface area contributed by atoms with Crippen LogP contribution in [0.4, 0.5) is 9.59 Å². The summed E-state index contributed by atoms with van der Waals surface area (Å²) < 4.78 is 10.9. The summed E-state index contributed by atoms with van der Waals surface area (Å²) in [5.74, 6) is 0. The molecule has 4 rings (SSSR count). The van der Waals surface area contributed by atoms with E-state index in [1.165, 1.54) is 10.0 Å². The van der Waals surface area contributed by atoms with Crippen LogP contribution >= 0.6 is 0 Å². The second-order valence-electron chi connectivity index (χ2n) is 6.97. The van der Waals surface area contributed by atoms with Crippen LogP contribution in [-0.4, -0.2) is 47.4 Å². The van der Waals surface area contributed by atoms with E-state index in [0.29, 0.717) is 19.5 Å². The van der Waals surface area contributed by atoms with Crippen molar-refractivity contribution in [3.63, 3.8) is 0 Å². The zero-order valence-electron chi connectivity index (χ0n) is 17.5. The number of benzene rings is 2. The van der Waals surface area contributed by atoms with Crippen molar-refractivity contribution in [3.05, 3.63) is 71.8 Å². The summed E-state index contributed by atoms with van der Waals surface area (Å²) in [6.07, 6.45) is -0.345. The van der Waals surface area contributed by atoms with Crippen molar-refractivity contribution in [3.8, 4) is 0 Å². The molecule has 2 aliphatic heterocycles. The average Bonchev–Trinajstić information content (AvgIpc) is 3.08. The highest BCUT2D eigenvalue weighted by Gasteiger charge is 2.48. The topological polar surface area (TPSA) is 71.1 Å². The van der Waals surface area contributed by atoms with Crippen LogP contribution < -0.4 is 5.32 Å². The minimum absolute atomic E-state index is 0.119. The molecule has 30 heavy (non-hydrogen) atoms. The predicted octanol–water partition coefficient (Wildman–Crippen LogP) is 3.95. The molecule has 7 nitrogen and oxygen atoms in total. The number of rotatable bonds is 4. The molecular weight excluding hydrogens is 382 g/mol. The Labute approximate surface area is 177 Å². The SMILES string of the molecule is CC.O=C(OCc1ccccc1)N1C2CNCC(C2)N1C(=O)OCc1ccccc1. The van der Waals surface area contributed by atoms with Gasteiger partial charge in [0.1, 0.15) is 13.2 Å². The second kappa shape index (κ2) is 10.6. The lowest BCUT2D eigenvalue weighted by Crippen LogP contribution is -2.50. The third-order valence-corrected chi connectivity index (χ3v) is 5.01. The van der Waals surface area contributed by atoms with E-state index >= 15 is 0 Å². The third-order valence-electron chi connectivity index (χ3n) is 5.01. The first-order valence-corrected chi connectivity index (χ1v) is 10.4.